The molecular formula is C12H16O3Si. The topological polar surface area (TPSA) is 35.5 Å². The molecule has 0 aliphatic rings. The van der Waals surface area contributed by atoms with Crippen molar-refractivity contribution in [3.8, 4) is 0 Å². The van der Waals surface area contributed by atoms with Gasteiger partial charge < -0.3 is 9.47 Å². The number of hydrogen-bond donors (Lipinski definition) is 0. The van der Waals surface area contributed by atoms with Crippen molar-refractivity contribution in [1.82, 2.24) is 0 Å². The second-order valence-corrected chi connectivity index (χ2v) is 4.94. The lowest BCUT2D eigenvalue weighted by Gasteiger charge is -2.04. The fraction of sp³-hybridized carbons (Fsp3) is 0.250. The zero-order valence-electron chi connectivity index (χ0n) is 9.22. The molecule has 0 unspecified atom stereocenters. The van der Waals surface area contributed by atoms with Gasteiger partial charge in [0.1, 0.15) is 6.61 Å². The highest BCUT2D eigenvalue weighted by molar-refractivity contribution is 6.53. The van der Waals surface area contributed by atoms with Crippen molar-refractivity contribution in [3.63, 3.8) is 0 Å². The SMILES string of the molecule is C=CC(=O)OCCOC[SiH2]c1ccccc1. The van der Waals surface area contributed by atoms with Crippen LogP contribution in [0, 0.1) is 0 Å². The molecule has 0 radical (unpaired) electrons. The zero-order chi connectivity index (χ0) is 11.6. The summed E-state index contributed by atoms with van der Waals surface area (Å²) in [5.41, 5.74) is 0. The Morgan fingerprint density at radius 1 is 1.31 bits per heavy atom. The Labute approximate surface area is 97.9 Å². The Morgan fingerprint density at radius 2 is 2.06 bits per heavy atom. The van der Waals surface area contributed by atoms with Crippen LogP contribution < -0.4 is 5.19 Å². The Hall–Kier alpha value is -1.39. The molecule has 0 saturated heterocycles. The van der Waals surface area contributed by atoms with E-state index in [4.69, 9.17) is 9.47 Å². The standard InChI is InChI=1S/C12H16O3Si/c1-2-12(13)15-9-8-14-10-16-11-6-4-3-5-7-11/h2-7H,1,8-10,16H2. The molecule has 0 aliphatic heterocycles. The van der Waals surface area contributed by atoms with Gasteiger partial charge >= 0.3 is 5.97 Å². The summed E-state index contributed by atoms with van der Waals surface area (Å²) < 4.78 is 10.2. The van der Waals surface area contributed by atoms with E-state index < -0.39 is 5.97 Å². The lowest BCUT2D eigenvalue weighted by molar-refractivity contribution is -0.139. The van der Waals surface area contributed by atoms with E-state index in [1.165, 1.54) is 5.19 Å². The average Bonchev–Trinajstić information content (AvgIpc) is 2.34. The van der Waals surface area contributed by atoms with E-state index in [9.17, 15) is 4.79 Å². The summed E-state index contributed by atoms with van der Waals surface area (Å²) in [5.74, 6) is -0.399. The summed E-state index contributed by atoms with van der Waals surface area (Å²) in [6.07, 6.45) is 1.92. The lowest BCUT2D eigenvalue weighted by Crippen LogP contribution is -2.20. The third-order valence-electron chi connectivity index (χ3n) is 2.02. The predicted octanol–water partition coefficient (Wildman–Crippen LogP) is 0.184. The second-order valence-electron chi connectivity index (χ2n) is 3.22. The minimum absolute atomic E-state index is 0.300. The highest BCUT2D eigenvalue weighted by Gasteiger charge is 1.96. The smallest absolute Gasteiger partial charge is 0.330 e. The van der Waals surface area contributed by atoms with Crippen LogP contribution in [-0.2, 0) is 14.3 Å². The molecule has 0 heterocycles. The van der Waals surface area contributed by atoms with E-state index in [0.717, 1.165) is 12.3 Å². The molecule has 0 fully saturated rings. The predicted molar refractivity (Wildman–Crippen MR) is 66.6 cm³/mol. The van der Waals surface area contributed by atoms with Crippen molar-refractivity contribution in [2.75, 3.05) is 19.4 Å². The summed E-state index contributed by atoms with van der Waals surface area (Å²) in [7, 11) is -0.347. The van der Waals surface area contributed by atoms with Crippen LogP contribution in [-0.4, -0.2) is 34.9 Å². The summed E-state index contributed by atoms with van der Waals surface area (Å²) >= 11 is 0. The van der Waals surface area contributed by atoms with E-state index in [0.29, 0.717) is 13.2 Å². The van der Waals surface area contributed by atoms with Crippen LogP contribution in [0.1, 0.15) is 0 Å². The first-order valence-corrected chi connectivity index (χ1v) is 6.94. The van der Waals surface area contributed by atoms with Gasteiger partial charge in [-0.2, -0.15) is 0 Å². The minimum Gasteiger partial charge on any atom is -0.460 e. The van der Waals surface area contributed by atoms with Crippen LogP contribution in [0.5, 0.6) is 0 Å². The molecule has 1 rings (SSSR count). The van der Waals surface area contributed by atoms with Gasteiger partial charge in [-0.3, -0.25) is 0 Å². The normalized spacial score (nSPS) is 10.5. The molecule has 0 bridgehead atoms. The molecule has 0 atom stereocenters. The van der Waals surface area contributed by atoms with Crippen LogP contribution in [0.4, 0.5) is 0 Å². The maximum absolute atomic E-state index is 10.7. The molecule has 16 heavy (non-hydrogen) atoms. The molecule has 1 aromatic carbocycles. The minimum atomic E-state index is -0.399. The largest absolute Gasteiger partial charge is 0.460 e. The van der Waals surface area contributed by atoms with Crippen LogP contribution >= 0.6 is 0 Å². The van der Waals surface area contributed by atoms with Gasteiger partial charge in [0.05, 0.1) is 16.1 Å². The first-order chi connectivity index (χ1) is 7.83. The summed E-state index contributed by atoms with van der Waals surface area (Å²) in [5, 5.41) is 1.38. The van der Waals surface area contributed by atoms with Crippen LogP contribution in [0.3, 0.4) is 0 Å². The molecule has 3 nitrogen and oxygen atoms in total. The van der Waals surface area contributed by atoms with Gasteiger partial charge in [0.2, 0.25) is 0 Å². The van der Waals surface area contributed by atoms with Crippen molar-refractivity contribution in [3.05, 3.63) is 43.0 Å². The molecule has 4 heteroatoms. The van der Waals surface area contributed by atoms with Gasteiger partial charge in [-0.1, -0.05) is 42.1 Å². The maximum atomic E-state index is 10.7. The highest BCUT2D eigenvalue weighted by atomic mass is 28.2. The number of carbonyl (C=O) groups is 1. The zero-order valence-corrected chi connectivity index (χ0v) is 10.6. The number of esters is 1. The van der Waals surface area contributed by atoms with Gasteiger partial charge in [0.25, 0.3) is 0 Å². The highest BCUT2D eigenvalue weighted by Crippen LogP contribution is 1.83. The molecule has 0 amide bonds. The molecule has 0 saturated carbocycles. The first kappa shape index (κ1) is 12.7. The Morgan fingerprint density at radius 3 is 2.75 bits per heavy atom. The molecule has 0 aromatic heterocycles. The van der Waals surface area contributed by atoms with Crippen molar-refractivity contribution < 1.29 is 14.3 Å². The van der Waals surface area contributed by atoms with E-state index in [1.807, 2.05) is 18.2 Å². The molecule has 0 spiro atoms. The van der Waals surface area contributed by atoms with Crippen LogP contribution in [0.15, 0.2) is 43.0 Å². The summed E-state index contributed by atoms with van der Waals surface area (Å²) in [6.45, 7) is 4.06. The summed E-state index contributed by atoms with van der Waals surface area (Å²) in [4.78, 5) is 10.7. The Kier molecular flexibility index (Phi) is 6.21. The Balaban J connectivity index is 2.00. The molecular weight excluding hydrogens is 220 g/mol. The number of rotatable bonds is 7. The average molecular weight is 236 g/mol. The maximum Gasteiger partial charge on any atom is 0.330 e. The van der Waals surface area contributed by atoms with Crippen LogP contribution in [0.2, 0.25) is 0 Å². The van der Waals surface area contributed by atoms with Crippen molar-refractivity contribution in [1.29, 1.82) is 0 Å². The van der Waals surface area contributed by atoms with E-state index >= 15 is 0 Å². The van der Waals surface area contributed by atoms with Gasteiger partial charge in [-0.15, -0.1) is 0 Å². The lowest BCUT2D eigenvalue weighted by atomic mass is 10.4. The third-order valence-corrected chi connectivity index (χ3v) is 3.56. The molecule has 1 aromatic rings. The number of benzene rings is 1. The molecule has 86 valence electrons. The quantitative estimate of drug-likeness (QED) is 0.293. The monoisotopic (exact) mass is 236 g/mol. The number of ether oxygens (including phenoxy) is 2. The molecule has 0 N–H and O–H groups in total. The van der Waals surface area contributed by atoms with Gasteiger partial charge in [-0.05, 0) is 0 Å². The fourth-order valence-electron chi connectivity index (χ4n) is 1.20. The van der Waals surface area contributed by atoms with Gasteiger partial charge in [-0.25, -0.2) is 4.79 Å². The van der Waals surface area contributed by atoms with Crippen molar-refractivity contribution in [2.45, 2.75) is 0 Å². The van der Waals surface area contributed by atoms with Crippen molar-refractivity contribution in [2.24, 2.45) is 0 Å². The number of hydrogen-bond acceptors (Lipinski definition) is 3. The number of carbonyl (C=O) groups excluding carboxylic acids is 1. The van der Waals surface area contributed by atoms with Crippen LogP contribution in [0.25, 0.3) is 0 Å². The van der Waals surface area contributed by atoms with E-state index in [-0.39, 0.29) is 9.52 Å². The summed E-state index contributed by atoms with van der Waals surface area (Å²) in [6, 6.07) is 10.3. The Bertz CT molecular complexity index is 324. The molecule has 0 aliphatic carbocycles. The first-order valence-electron chi connectivity index (χ1n) is 5.24. The third kappa shape index (κ3) is 5.48. The van der Waals surface area contributed by atoms with Crippen molar-refractivity contribution >= 4 is 20.7 Å². The van der Waals surface area contributed by atoms with E-state index in [2.05, 4.69) is 18.7 Å². The second kappa shape index (κ2) is 7.84. The fourth-order valence-corrected chi connectivity index (χ4v) is 2.39. The van der Waals surface area contributed by atoms with E-state index in [1.54, 1.807) is 0 Å². The van der Waals surface area contributed by atoms with Gasteiger partial charge in [0, 0.05) is 12.3 Å². The van der Waals surface area contributed by atoms with Gasteiger partial charge in [0.15, 0.2) is 0 Å².